The highest BCUT2D eigenvalue weighted by Gasteiger charge is 2.23. The van der Waals surface area contributed by atoms with Gasteiger partial charge < -0.3 is 15.3 Å². The maximum absolute atomic E-state index is 12.1. The highest BCUT2D eigenvalue weighted by atomic mass is 16.3. The number of hydrogen-bond donors (Lipinski definition) is 2. The molecule has 2 rings (SSSR count). The molecule has 4 heteroatoms. The van der Waals surface area contributed by atoms with Crippen molar-refractivity contribution < 1.29 is 9.90 Å². The third-order valence-corrected chi connectivity index (χ3v) is 4.45. The van der Waals surface area contributed by atoms with Gasteiger partial charge in [0.2, 0.25) is 5.91 Å². The summed E-state index contributed by atoms with van der Waals surface area (Å²) in [6.45, 7) is 9.72. The summed E-state index contributed by atoms with van der Waals surface area (Å²) in [4.78, 5) is 14.6. The average molecular weight is 318 g/mol. The first-order valence-electron chi connectivity index (χ1n) is 8.68. The van der Waals surface area contributed by atoms with E-state index in [1.165, 1.54) is 6.42 Å². The van der Waals surface area contributed by atoms with Crippen LogP contribution in [0.5, 0.6) is 0 Å². The van der Waals surface area contributed by atoms with Crippen molar-refractivity contribution in [2.45, 2.75) is 45.8 Å². The van der Waals surface area contributed by atoms with Gasteiger partial charge in [0.15, 0.2) is 0 Å². The molecule has 1 aromatic carbocycles. The molecule has 2 N–H and O–H groups in total. The second kappa shape index (κ2) is 8.46. The standard InChI is InChI=1S/C19H30N2O2/c1-14-9-15(2)12-21(11-14)13-16(3)20-19(23)10-18(22)17-7-5-4-6-8-17/h4-8,14-16,18,22H,9-13H2,1-3H3,(H,20,23). The van der Waals surface area contributed by atoms with Crippen molar-refractivity contribution >= 4 is 5.91 Å². The molecule has 1 aliphatic heterocycles. The minimum absolute atomic E-state index is 0.0908. The first kappa shape index (κ1) is 18.0. The van der Waals surface area contributed by atoms with Gasteiger partial charge in [-0.15, -0.1) is 0 Å². The Bertz CT molecular complexity index is 481. The molecule has 0 aliphatic carbocycles. The van der Waals surface area contributed by atoms with Gasteiger partial charge in [0.25, 0.3) is 0 Å². The van der Waals surface area contributed by atoms with Gasteiger partial charge in [0.05, 0.1) is 12.5 Å². The number of benzene rings is 1. The molecule has 1 fully saturated rings. The molecule has 1 heterocycles. The average Bonchev–Trinajstić information content (AvgIpc) is 2.46. The summed E-state index contributed by atoms with van der Waals surface area (Å²) in [5.74, 6) is 1.36. The van der Waals surface area contributed by atoms with E-state index >= 15 is 0 Å². The van der Waals surface area contributed by atoms with Crippen LogP contribution in [0.1, 0.15) is 45.3 Å². The van der Waals surface area contributed by atoms with E-state index in [0.29, 0.717) is 0 Å². The number of likely N-dealkylation sites (tertiary alicyclic amines) is 1. The number of rotatable bonds is 6. The zero-order chi connectivity index (χ0) is 16.8. The van der Waals surface area contributed by atoms with Gasteiger partial charge in [-0.25, -0.2) is 0 Å². The molecule has 4 nitrogen and oxygen atoms in total. The number of aliphatic hydroxyl groups is 1. The molecule has 1 aliphatic rings. The third-order valence-electron chi connectivity index (χ3n) is 4.45. The van der Waals surface area contributed by atoms with E-state index in [4.69, 9.17) is 0 Å². The summed E-state index contributed by atoms with van der Waals surface area (Å²) < 4.78 is 0. The Hall–Kier alpha value is -1.39. The topological polar surface area (TPSA) is 52.6 Å². The van der Waals surface area contributed by atoms with E-state index in [-0.39, 0.29) is 18.4 Å². The van der Waals surface area contributed by atoms with Crippen LogP contribution in [0, 0.1) is 11.8 Å². The molecule has 128 valence electrons. The Labute approximate surface area is 139 Å². The van der Waals surface area contributed by atoms with Gasteiger partial charge in [-0.2, -0.15) is 0 Å². The summed E-state index contributed by atoms with van der Waals surface area (Å²) in [7, 11) is 0. The van der Waals surface area contributed by atoms with E-state index in [0.717, 1.165) is 37.0 Å². The Balaban J connectivity index is 1.76. The molecule has 1 saturated heterocycles. The first-order valence-corrected chi connectivity index (χ1v) is 8.68. The van der Waals surface area contributed by atoms with Crippen molar-refractivity contribution in [1.82, 2.24) is 10.2 Å². The van der Waals surface area contributed by atoms with E-state index < -0.39 is 6.10 Å². The van der Waals surface area contributed by atoms with Crippen LogP contribution in [0.3, 0.4) is 0 Å². The van der Waals surface area contributed by atoms with Gasteiger partial charge in [-0.1, -0.05) is 44.2 Å². The van der Waals surface area contributed by atoms with Crippen LogP contribution in [0.2, 0.25) is 0 Å². The monoisotopic (exact) mass is 318 g/mol. The lowest BCUT2D eigenvalue weighted by Crippen LogP contribution is -2.47. The first-order chi connectivity index (χ1) is 10.9. The molecular weight excluding hydrogens is 288 g/mol. The Morgan fingerprint density at radius 2 is 1.87 bits per heavy atom. The largest absolute Gasteiger partial charge is 0.388 e. The number of nitrogens with zero attached hydrogens (tertiary/aromatic N) is 1. The maximum Gasteiger partial charge on any atom is 0.223 e. The molecule has 0 bridgehead atoms. The van der Waals surface area contributed by atoms with Crippen molar-refractivity contribution in [3.05, 3.63) is 35.9 Å². The summed E-state index contributed by atoms with van der Waals surface area (Å²) in [6, 6.07) is 9.44. The van der Waals surface area contributed by atoms with Crippen molar-refractivity contribution in [3.63, 3.8) is 0 Å². The minimum Gasteiger partial charge on any atom is -0.388 e. The van der Waals surface area contributed by atoms with Crippen LogP contribution in [-0.4, -0.2) is 41.6 Å². The van der Waals surface area contributed by atoms with Crippen LogP contribution in [-0.2, 0) is 4.79 Å². The van der Waals surface area contributed by atoms with Crippen LogP contribution < -0.4 is 5.32 Å². The highest BCUT2D eigenvalue weighted by molar-refractivity contribution is 5.76. The number of nitrogens with one attached hydrogen (secondary N) is 1. The van der Waals surface area contributed by atoms with Crippen LogP contribution in [0.15, 0.2) is 30.3 Å². The number of carbonyl (C=O) groups is 1. The number of amides is 1. The van der Waals surface area contributed by atoms with Crippen molar-refractivity contribution in [3.8, 4) is 0 Å². The van der Waals surface area contributed by atoms with Gasteiger partial charge in [-0.05, 0) is 30.7 Å². The number of piperidine rings is 1. The number of carbonyl (C=O) groups excluding carboxylic acids is 1. The fourth-order valence-electron chi connectivity index (χ4n) is 3.68. The summed E-state index contributed by atoms with van der Waals surface area (Å²) in [5, 5.41) is 13.1. The molecule has 0 aromatic heterocycles. The quantitative estimate of drug-likeness (QED) is 0.848. The van der Waals surface area contributed by atoms with Gasteiger partial charge >= 0.3 is 0 Å². The zero-order valence-electron chi connectivity index (χ0n) is 14.5. The van der Waals surface area contributed by atoms with E-state index in [1.54, 1.807) is 0 Å². The Kier molecular flexibility index (Phi) is 6.60. The lowest BCUT2D eigenvalue weighted by molar-refractivity contribution is -0.123. The SMILES string of the molecule is CC1CC(C)CN(CC(C)NC(=O)CC(O)c2ccccc2)C1. The second-order valence-corrected chi connectivity index (χ2v) is 7.26. The number of aliphatic hydroxyl groups excluding tert-OH is 1. The second-order valence-electron chi connectivity index (χ2n) is 7.26. The van der Waals surface area contributed by atoms with Gasteiger partial charge in [-0.3, -0.25) is 4.79 Å². The molecule has 23 heavy (non-hydrogen) atoms. The molecule has 0 saturated carbocycles. The van der Waals surface area contributed by atoms with Crippen LogP contribution >= 0.6 is 0 Å². The lowest BCUT2D eigenvalue weighted by Gasteiger charge is -2.36. The van der Waals surface area contributed by atoms with Crippen LogP contribution in [0.25, 0.3) is 0 Å². The normalized spacial score (nSPS) is 24.9. The molecular formula is C19H30N2O2. The predicted molar refractivity (Wildman–Crippen MR) is 93.0 cm³/mol. The molecule has 0 radical (unpaired) electrons. The summed E-state index contributed by atoms with van der Waals surface area (Å²) in [6.07, 6.45) is 0.667. The third kappa shape index (κ3) is 5.96. The van der Waals surface area contributed by atoms with Gasteiger partial charge in [0.1, 0.15) is 0 Å². The van der Waals surface area contributed by atoms with E-state index in [9.17, 15) is 9.90 Å². The molecule has 4 unspecified atom stereocenters. The maximum atomic E-state index is 12.1. The summed E-state index contributed by atoms with van der Waals surface area (Å²) >= 11 is 0. The fourth-order valence-corrected chi connectivity index (χ4v) is 3.68. The highest BCUT2D eigenvalue weighted by Crippen LogP contribution is 2.21. The molecule has 0 spiro atoms. The Morgan fingerprint density at radius 1 is 1.26 bits per heavy atom. The molecule has 4 atom stereocenters. The van der Waals surface area contributed by atoms with E-state index in [1.807, 2.05) is 37.3 Å². The zero-order valence-corrected chi connectivity index (χ0v) is 14.5. The predicted octanol–water partition coefficient (Wildman–Crippen LogP) is 2.59. The van der Waals surface area contributed by atoms with Gasteiger partial charge in [0, 0.05) is 25.7 Å². The molecule has 1 amide bonds. The lowest BCUT2D eigenvalue weighted by atomic mass is 9.92. The van der Waals surface area contributed by atoms with Crippen molar-refractivity contribution in [1.29, 1.82) is 0 Å². The summed E-state index contributed by atoms with van der Waals surface area (Å²) in [5.41, 5.74) is 0.786. The smallest absolute Gasteiger partial charge is 0.223 e. The van der Waals surface area contributed by atoms with E-state index in [2.05, 4.69) is 24.1 Å². The number of hydrogen-bond acceptors (Lipinski definition) is 3. The minimum atomic E-state index is -0.738. The Morgan fingerprint density at radius 3 is 2.48 bits per heavy atom. The molecule has 1 aromatic rings. The van der Waals surface area contributed by atoms with Crippen molar-refractivity contribution in [2.75, 3.05) is 19.6 Å². The van der Waals surface area contributed by atoms with Crippen LogP contribution in [0.4, 0.5) is 0 Å². The van der Waals surface area contributed by atoms with Crippen molar-refractivity contribution in [2.24, 2.45) is 11.8 Å². The fraction of sp³-hybridized carbons (Fsp3) is 0.632.